The minimum Gasteiger partial charge on any atom is -0.364 e. The lowest BCUT2D eigenvalue weighted by Gasteiger charge is -2.08. The van der Waals surface area contributed by atoms with Crippen molar-refractivity contribution in [1.29, 1.82) is 0 Å². The molecule has 0 atom stereocenters. The number of nitrogens with one attached hydrogen (secondary N) is 2. The van der Waals surface area contributed by atoms with E-state index in [9.17, 15) is 4.79 Å². The van der Waals surface area contributed by atoms with Crippen LogP contribution >= 0.6 is 0 Å². The standard InChI is InChI=1S/C17H17N5O/c1-11(23)20-14-4-2-3-12(9-14)15-10-19-17-16(21-13-5-6-13)18-7-8-22(15)17/h2-4,7-10,13H,5-6H2,1H3,(H,18,21)(H,20,23). The molecule has 1 aliphatic carbocycles. The number of aromatic nitrogens is 3. The molecular weight excluding hydrogens is 290 g/mol. The number of carbonyl (C=O) groups is 1. The van der Waals surface area contributed by atoms with Gasteiger partial charge < -0.3 is 10.6 Å². The first kappa shape index (κ1) is 13.8. The second-order valence-electron chi connectivity index (χ2n) is 5.79. The van der Waals surface area contributed by atoms with E-state index in [0.29, 0.717) is 6.04 Å². The lowest BCUT2D eigenvalue weighted by Crippen LogP contribution is -2.06. The van der Waals surface area contributed by atoms with Crippen LogP contribution in [0.25, 0.3) is 16.9 Å². The summed E-state index contributed by atoms with van der Waals surface area (Å²) in [4.78, 5) is 20.1. The molecule has 2 aromatic heterocycles. The van der Waals surface area contributed by atoms with Crippen LogP contribution in [0.3, 0.4) is 0 Å². The van der Waals surface area contributed by atoms with Gasteiger partial charge in [-0.15, -0.1) is 0 Å². The van der Waals surface area contributed by atoms with Crippen LogP contribution in [0.1, 0.15) is 19.8 Å². The molecule has 0 radical (unpaired) electrons. The number of amides is 1. The van der Waals surface area contributed by atoms with Crippen LogP contribution in [-0.4, -0.2) is 26.3 Å². The fourth-order valence-corrected chi connectivity index (χ4v) is 2.62. The Morgan fingerprint density at radius 1 is 1.30 bits per heavy atom. The van der Waals surface area contributed by atoms with Crippen molar-refractivity contribution >= 4 is 23.1 Å². The molecule has 1 aliphatic rings. The Labute approximate surface area is 133 Å². The van der Waals surface area contributed by atoms with Crippen LogP contribution in [0.4, 0.5) is 11.5 Å². The number of benzene rings is 1. The molecule has 1 saturated carbocycles. The fraction of sp³-hybridized carbons (Fsp3) is 0.235. The van der Waals surface area contributed by atoms with Gasteiger partial charge in [0.25, 0.3) is 0 Å². The van der Waals surface area contributed by atoms with Crippen LogP contribution in [0.2, 0.25) is 0 Å². The lowest BCUT2D eigenvalue weighted by molar-refractivity contribution is -0.114. The Kier molecular flexibility index (Phi) is 3.22. The Morgan fingerprint density at radius 3 is 2.96 bits per heavy atom. The number of nitrogens with zero attached hydrogens (tertiary/aromatic N) is 3. The van der Waals surface area contributed by atoms with E-state index < -0.39 is 0 Å². The lowest BCUT2D eigenvalue weighted by atomic mass is 10.1. The minimum atomic E-state index is -0.0830. The Morgan fingerprint density at radius 2 is 2.17 bits per heavy atom. The van der Waals surface area contributed by atoms with Gasteiger partial charge in [0.05, 0.1) is 11.9 Å². The van der Waals surface area contributed by atoms with Crippen molar-refractivity contribution in [1.82, 2.24) is 14.4 Å². The van der Waals surface area contributed by atoms with Crippen molar-refractivity contribution in [2.24, 2.45) is 0 Å². The number of anilines is 2. The highest BCUT2D eigenvalue weighted by molar-refractivity contribution is 5.89. The van der Waals surface area contributed by atoms with E-state index in [1.807, 2.05) is 41.1 Å². The topological polar surface area (TPSA) is 71.3 Å². The summed E-state index contributed by atoms with van der Waals surface area (Å²) in [6.45, 7) is 1.50. The summed E-state index contributed by atoms with van der Waals surface area (Å²) >= 11 is 0. The van der Waals surface area contributed by atoms with Crippen LogP contribution in [0, 0.1) is 0 Å². The molecule has 0 saturated heterocycles. The third-order valence-corrected chi connectivity index (χ3v) is 3.82. The molecule has 3 aromatic rings. The van der Waals surface area contributed by atoms with Gasteiger partial charge in [-0.25, -0.2) is 9.97 Å². The van der Waals surface area contributed by atoms with Gasteiger partial charge in [0.2, 0.25) is 5.91 Å². The molecule has 2 heterocycles. The maximum Gasteiger partial charge on any atom is 0.221 e. The van der Waals surface area contributed by atoms with E-state index in [4.69, 9.17) is 0 Å². The quantitative estimate of drug-likeness (QED) is 0.777. The van der Waals surface area contributed by atoms with Crippen molar-refractivity contribution in [3.8, 4) is 11.3 Å². The van der Waals surface area contributed by atoms with Crippen LogP contribution in [-0.2, 0) is 4.79 Å². The molecule has 4 rings (SSSR count). The average Bonchev–Trinajstić information content (AvgIpc) is 3.23. The van der Waals surface area contributed by atoms with Crippen molar-refractivity contribution < 1.29 is 4.79 Å². The van der Waals surface area contributed by atoms with Gasteiger partial charge in [-0.05, 0) is 25.0 Å². The van der Waals surface area contributed by atoms with Gasteiger partial charge in [-0.1, -0.05) is 12.1 Å². The summed E-state index contributed by atoms with van der Waals surface area (Å²) < 4.78 is 2.02. The number of rotatable bonds is 4. The largest absolute Gasteiger partial charge is 0.364 e. The summed E-state index contributed by atoms with van der Waals surface area (Å²) in [5.74, 6) is 0.736. The molecule has 1 aromatic carbocycles. The molecule has 0 spiro atoms. The molecule has 1 amide bonds. The second kappa shape index (κ2) is 5.39. The SMILES string of the molecule is CC(=O)Nc1cccc(-c2cnc3c(NC4CC4)nccn23)c1. The van der Waals surface area contributed by atoms with Crippen LogP contribution in [0.15, 0.2) is 42.9 Å². The van der Waals surface area contributed by atoms with E-state index in [1.54, 1.807) is 6.20 Å². The summed E-state index contributed by atoms with van der Waals surface area (Å²) in [5, 5.41) is 6.22. The molecular formula is C17H17N5O. The molecule has 6 nitrogen and oxygen atoms in total. The highest BCUT2D eigenvalue weighted by Crippen LogP contribution is 2.28. The minimum absolute atomic E-state index is 0.0830. The van der Waals surface area contributed by atoms with Gasteiger partial charge in [-0.2, -0.15) is 0 Å². The highest BCUT2D eigenvalue weighted by atomic mass is 16.1. The third-order valence-electron chi connectivity index (χ3n) is 3.82. The molecule has 0 unspecified atom stereocenters. The molecule has 0 aliphatic heterocycles. The normalized spacial score (nSPS) is 14.0. The number of carbonyl (C=O) groups excluding carboxylic acids is 1. The van der Waals surface area contributed by atoms with E-state index in [2.05, 4.69) is 20.6 Å². The average molecular weight is 307 g/mol. The predicted molar refractivity (Wildman–Crippen MR) is 89.4 cm³/mol. The molecule has 6 heteroatoms. The zero-order valence-corrected chi connectivity index (χ0v) is 12.8. The van der Waals surface area contributed by atoms with Crippen molar-refractivity contribution in [2.45, 2.75) is 25.8 Å². The van der Waals surface area contributed by atoms with Gasteiger partial charge >= 0.3 is 0 Å². The summed E-state index contributed by atoms with van der Waals surface area (Å²) in [6.07, 6.45) is 7.90. The first-order valence-corrected chi connectivity index (χ1v) is 7.67. The van der Waals surface area contributed by atoms with Gasteiger partial charge in [0, 0.05) is 36.6 Å². The van der Waals surface area contributed by atoms with Gasteiger partial charge in [-0.3, -0.25) is 9.20 Å². The first-order valence-electron chi connectivity index (χ1n) is 7.67. The Bertz CT molecular complexity index is 882. The highest BCUT2D eigenvalue weighted by Gasteiger charge is 2.23. The van der Waals surface area contributed by atoms with Gasteiger partial charge in [0.1, 0.15) is 0 Å². The van der Waals surface area contributed by atoms with Gasteiger partial charge in [0.15, 0.2) is 11.5 Å². The van der Waals surface area contributed by atoms with E-state index in [-0.39, 0.29) is 5.91 Å². The zero-order chi connectivity index (χ0) is 15.8. The smallest absolute Gasteiger partial charge is 0.221 e. The molecule has 0 bridgehead atoms. The monoisotopic (exact) mass is 307 g/mol. The zero-order valence-electron chi connectivity index (χ0n) is 12.8. The predicted octanol–water partition coefficient (Wildman–Crippen LogP) is 2.93. The van der Waals surface area contributed by atoms with E-state index in [0.717, 1.165) is 28.4 Å². The maximum atomic E-state index is 11.2. The fourth-order valence-electron chi connectivity index (χ4n) is 2.62. The van der Waals surface area contributed by atoms with Crippen molar-refractivity contribution in [2.75, 3.05) is 10.6 Å². The molecule has 116 valence electrons. The second-order valence-corrected chi connectivity index (χ2v) is 5.79. The Hall–Kier alpha value is -2.89. The summed E-state index contributed by atoms with van der Waals surface area (Å²) in [5.41, 5.74) is 3.55. The molecule has 1 fully saturated rings. The van der Waals surface area contributed by atoms with Crippen LogP contribution < -0.4 is 10.6 Å². The Balaban J connectivity index is 1.75. The number of hydrogen-bond acceptors (Lipinski definition) is 4. The molecule has 2 N–H and O–H groups in total. The van der Waals surface area contributed by atoms with Crippen molar-refractivity contribution in [3.05, 3.63) is 42.9 Å². The summed E-state index contributed by atoms with van der Waals surface area (Å²) in [7, 11) is 0. The number of hydrogen-bond donors (Lipinski definition) is 2. The van der Waals surface area contributed by atoms with Crippen molar-refractivity contribution in [3.63, 3.8) is 0 Å². The van der Waals surface area contributed by atoms with E-state index in [1.165, 1.54) is 19.8 Å². The first-order chi connectivity index (χ1) is 11.2. The van der Waals surface area contributed by atoms with E-state index >= 15 is 0 Å². The molecule has 23 heavy (non-hydrogen) atoms. The van der Waals surface area contributed by atoms with Crippen LogP contribution in [0.5, 0.6) is 0 Å². The summed E-state index contributed by atoms with van der Waals surface area (Å²) in [6, 6.07) is 8.26. The third kappa shape index (κ3) is 2.75. The maximum absolute atomic E-state index is 11.2. The number of fused-ring (bicyclic) bond motifs is 1. The number of imidazole rings is 1.